The van der Waals surface area contributed by atoms with E-state index in [2.05, 4.69) is 45.1 Å². The Morgan fingerprint density at radius 1 is 1.37 bits per heavy atom. The molecule has 0 bridgehead atoms. The van der Waals surface area contributed by atoms with Gasteiger partial charge in [0, 0.05) is 37.7 Å². The van der Waals surface area contributed by atoms with Crippen LogP contribution >= 0.6 is 11.3 Å². The van der Waals surface area contributed by atoms with Crippen LogP contribution in [0.25, 0.3) is 0 Å². The third kappa shape index (κ3) is 6.17. The van der Waals surface area contributed by atoms with E-state index in [1.807, 2.05) is 18.4 Å². The van der Waals surface area contributed by atoms with Crippen molar-refractivity contribution in [2.24, 2.45) is 10.9 Å². The normalized spacial score (nSPS) is 27.0. The predicted octanol–water partition coefficient (Wildman–Crippen LogP) is 2.49. The largest absolute Gasteiger partial charge is 0.377 e. The molecule has 2 saturated heterocycles. The van der Waals surface area contributed by atoms with E-state index in [4.69, 9.17) is 9.47 Å². The maximum absolute atomic E-state index is 5.71. The van der Waals surface area contributed by atoms with Gasteiger partial charge >= 0.3 is 0 Å². The van der Waals surface area contributed by atoms with Gasteiger partial charge in [0.2, 0.25) is 0 Å². The smallest absolute Gasteiger partial charge is 0.191 e. The molecule has 2 N–H and O–H groups in total. The fourth-order valence-electron chi connectivity index (χ4n) is 4.06. The number of ether oxygens (including phenoxy) is 2. The molecule has 3 unspecified atom stereocenters. The maximum atomic E-state index is 5.71. The van der Waals surface area contributed by atoms with Gasteiger partial charge in [0.15, 0.2) is 5.96 Å². The molecule has 152 valence electrons. The summed E-state index contributed by atoms with van der Waals surface area (Å²) >= 11 is 1.86. The van der Waals surface area contributed by atoms with Crippen molar-refractivity contribution in [3.63, 3.8) is 0 Å². The quantitative estimate of drug-likeness (QED) is 0.403. The lowest BCUT2D eigenvalue weighted by atomic mass is 9.88. The lowest BCUT2D eigenvalue weighted by Crippen LogP contribution is -2.45. The van der Waals surface area contributed by atoms with Crippen molar-refractivity contribution in [1.29, 1.82) is 0 Å². The molecule has 0 spiro atoms. The summed E-state index contributed by atoms with van der Waals surface area (Å²) in [5.74, 6) is 1.45. The summed E-state index contributed by atoms with van der Waals surface area (Å²) in [6.07, 6.45) is 5.08. The van der Waals surface area contributed by atoms with E-state index < -0.39 is 0 Å². The molecule has 0 saturated carbocycles. The van der Waals surface area contributed by atoms with Crippen molar-refractivity contribution >= 4 is 17.3 Å². The van der Waals surface area contributed by atoms with Gasteiger partial charge in [0.25, 0.3) is 0 Å². The molecule has 1 aromatic rings. The zero-order chi connectivity index (χ0) is 18.9. The van der Waals surface area contributed by atoms with Gasteiger partial charge in [-0.1, -0.05) is 6.07 Å². The molecule has 3 heterocycles. The van der Waals surface area contributed by atoms with Gasteiger partial charge in [0.1, 0.15) is 0 Å². The van der Waals surface area contributed by atoms with E-state index in [1.165, 1.54) is 24.3 Å². The zero-order valence-electron chi connectivity index (χ0n) is 16.7. The molecule has 3 atom stereocenters. The highest BCUT2D eigenvalue weighted by molar-refractivity contribution is 7.10. The molecule has 0 radical (unpaired) electrons. The lowest BCUT2D eigenvalue weighted by Gasteiger charge is -2.39. The number of likely N-dealkylation sites (tertiary alicyclic amines) is 1. The average molecular weight is 395 g/mol. The number of nitrogens with one attached hydrogen (secondary N) is 2. The predicted molar refractivity (Wildman–Crippen MR) is 112 cm³/mol. The first kappa shape index (κ1) is 20.6. The van der Waals surface area contributed by atoms with E-state index >= 15 is 0 Å². The van der Waals surface area contributed by atoms with Crippen LogP contribution in [0.1, 0.15) is 36.6 Å². The molecule has 27 heavy (non-hydrogen) atoms. The number of aliphatic imine (C=N–C) groups is 1. The van der Waals surface area contributed by atoms with Crippen molar-refractivity contribution < 1.29 is 9.47 Å². The van der Waals surface area contributed by atoms with Crippen LogP contribution in [0.2, 0.25) is 0 Å². The van der Waals surface area contributed by atoms with Crippen molar-refractivity contribution in [3.8, 4) is 0 Å². The fraction of sp³-hybridized carbons (Fsp3) is 0.750. The van der Waals surface area contributed by atoms with Gasteiger partial charge in [-0.05, 0) is 56.6 Å². The van der Waals surface area contributed by atoms with Crippen LogP contribution in [0.3, 0.4) is 0 Å². The summed E-state index contributed by atoms with van der Waals surface area (Å²) in [4.78, 5) is 8.32. The zero-order valence-corrected chi connectivity index (χ0v) is 17.5. The van der Waals surface area contributed by atoms with Gasteiger partial charge in [-0.3, -0.25) is 9.89 Å². The Morgan fingerprint density at radius 3 is 3.04 bits per heavy atom. The molecule has 7 heteroatoms. The minimum atomic E-state index is 0.292. The second-order valence-corrected chi connectivity index (χ2v) is 8.41. The van der Waals surface area contributed by atoms with Crippen molar-refractivity contribution in [1.82, 2.24) is 15.5 Å². The molecule has 2 fully saturated rings. The number of thiophene rings is 1. The second-order valence-electron chi connectivity index (χ2n) is 7.43. The number of piperidine rings is 1. The molecule has 3 rings (SSSR count). The first-order valence-electron chi connectivity index (χ1n) is 10.2. The standard InChI is InChI=1S/C20H34N4O2S/c1-21-20(22-9-12-25-15-17-7-4-11-26-17)23-14-16-6-3-10-24(2)19(16)18-8-5-13-27-18/h5,8,13,16-17,19H,3-4,6-7,9-12,14-15H2,1-2H3,(H2,21,22,23). The van der Waals surface area contributed by atoms with E-state index in [-0.39, 0.29) is 0 Å². The van der Waals surface area contributed by atoms with E-state index in [0.29, 0.717) is 31.3 Å². The molecular formula is C20H34N4O2S. The number of nitrogens with zero attached hydrogens (tertiary/aromatic N) is 2. The summed E-state index contributed by atoms with van der Waals surface area (Å²) in [5, 5.41) is 9.06. The van der Waals surface area contributed by atoms with Crippen LogP contribution in [-0.2, 0) is 9.47 Å². The summed E-state index contributed by atoms with van der Waals surface area (Å²) in [7, 11) is 4.07. The number of hydrogen-bond donors (Lipinski definition) is 2. The highest BCUT2D eigenvalue weighted by atomic mass is 32.1. The van der Waals surface area contributed by atoms with Crippen LogP contribution in [0.4, 0.5) is 0 Å². The summed E-state index contributed by atoms with van der Waals surface area (Å²) in [6.45, 7) is 5.11. The molecule has 2 aliphatic heterocycles. The number of rotatable bonds is 8. The van der Waals surface area contributed by atoms with Crippen LogP contribution in [-0.4, -0.2) is 70.5 Å². The van der Waals surface area contributed by atoms with Crippen LogP contribution < -0.4 is 10.6 Å². The Kier molecular flexibility index (Phi) is 8.38. The monoisotopic (exact) mass is 394 g/mol. The summed E-state index contributed by atoms with van der Waals surface area (Å²) in [5.41, 5.74) is 0. The average Bonchev–Trinajstić information content (AvgIpc) is 3.38. The maximum Gasteiger partial charge on any atom is 0.191 e. The van der Waals surface area contributed by atoms with E-state index in [9.17, 15) is 0 Å². The Hall–Kier alpha value is -1.15. The van der Waals surface area contributed by atoms with E-state index in [0.717, 1.165) is 38.5 Å². The Morgan fingerprint density at radius 2 is 2.30 bits per heavy atom. The van der Waals surface area contributed by atoms with Crippen molar-refractivity contribution in [2.75, 3.05) is 53.6 Å². The minimum Gasteiger partial charge on any atom is -0.377 e. The Labute approximate surface area is 167 Å². The highest BCUT2D eigenvalue weighted by Gasteiger charge is 2.31. The molecule has 0 aliphatic carbocycles. The van der Waals surface area contributed by atoms with Crippen LogP contribution in [0.15, 0.2) is 22.5 Å². The molecule has 1 aromatic heterocycles. The molecule has 2 aliphatic rings. The lowest BCUT2D eigenvalue weighted by molar-refractivity contribution is 0.0191. The first-order chi connectivity index (χ1) is 13.3. The highest BCUT2D eigenvalue weighted by Crippen LogP contribution is 2.36. The Bertz CT molecular complexity index is 560. The summed E-state index contributed by atoms with van der Waals surface area (Å²) in [6, 6.07) is 4.92. The van der Waals surface area contributed by atoms with Crippen LogP contribution in [0, 0.1) is 5.92 Å². The first-order valence-corrected chi connectivity index (χ1v) is 11.0. The van der Waals surface area contributed by atoms with Gasteiger partial charge < -0.3 is 20.1 Å². The Balaban J connectivity index is 1.38. The third-order valence-corrected chi connectivity index (χ3v) is 6.41. The van der Waals surface area contributed by atoms with E-state index in [1.54, 1.807) is 0 Å². The van der Waals surface area contributed by atoms with Gasteiger partial charge in [-0.25, -0.2) is 0 Å². The summed E-state index contributed by atoms with van der Waals surface area (Å²) < 4.78 is 11.3. The second kappa shape index (κ2) is 11.0. The molecular weight excluding hydrogens is 360 g/mol. The molecule has 6 nitrogen and oxygen atoms in total. The van der Waals surface area contributed by atoms with Gasteiger partial charge in [-0.15, -0.1) is 11.3 Å². The van der Waals surface area contributed by atoms with Crippen molar-refractivity contribution in [3.05, 3.63) is 22.4 Å². The van der Waals surface area contributed by atoms with Crippen LogP contribution in [0.5, 0.6) is 0 Å². The minimum absolute atomic E-state index is 0.292. The van der Waals surface area contributed by atoms with Gasteiger partial charge in [0.05, 0.1) is 19.3 Å². The third-order valence-electron chi connectivity index (χ3n) is 5.46. The topological polar surface area (TPSA) is 58.1 Å². The van der Waals surface area contributed by atoms with Crippen molar-refractivity contribution in [2.45, 2.75) is 37.8 Å². The number of guanidine groups is 1. The fourth-order valence-corrected chi connectivity index (χ4v) is 5.05. The SMILES string of the molecule is CN=C(NCCOCC1CCCO1)NCC1CCCN(C)C1c1cccs1. The molecule has 0 amide bonds. The molecule has 0 aromatic carbocycles. The van der Waals surface area contributed by atoms with Gasteiger partial charge in [-0.2, -0.15) is 0 Å². The number of hydrogen-bond acceptors (Lipinski definition) is 5.